The molecule has 6 nitrogen and oxygen atoms in total. The van der Waals surface area contributed by atoms with Crippen LogP contribution in [0.15, 0.2) is 42.5 Å². The lowest BCUT2D eigenvalue weighted by Crippen LogP contribution is -1.98. The van der Waals surface area contributed by atoms with Gasteiger partial charge in [-0.1, -0.05) is 6.07 Å². The van der Waals surface area contributed by atoms with Gasteiger partial charge in [-0.05, 0) is 37.3 Å². The van der Waals surface area contributed by atoms with E-state index in [-0.39, 0.29) is 12.4 Å². The first kappa shape index (κ1) is 16.8. The third-order valence-electron chi connectivity index (χ3n) is 3.43. The first-order chi connectivity index (χ1) is 12.2. The van der Waals surface area contributed by atoms with Crippen LogP contribution in [0, 0.1) is 5.82 Å². The topological polar surface area (TPSA) is 69.3 Å². The van der Waals surface area contributed by atoms with Crippen LogP contribution in [0.2, 0.25) is 0 Å². The second kappa shape index (κ2) is 7.65. The Morgan fingerprint density at radius 1 is 1.08 bits per heavy atom. The number of aromatic amines is 1. The number of halogens is 1. The molecule has 7 heteroatoms. The second-order valence-corrected chi connectivity index (χ2v) is 5.15. The van der Waals surface area contributed by atoms with Crippen molar-refractivity contribution >= 4 is 0 Å². The molecule has 3 aromatic rings. The molecule has 0 saturated heterocycles. The van der Waals surface area contributed by atoms with E-state index in [9.17, 15) is 4.39 Å². The first-order valence-electron chi connectivity index (χ1n) is 7.80. The molecule has 130 valence electrons. The molecule has 1 aromatic heterocycles. The van der Waals surface area contributed by atoms with E-state index in [0.717, 1.165) is 5.56 Å². The van der Waals surface area contributed by atoms with Crippen molar-refractivity contribution in [3.8, 4) is 28.6 Å². The van der Waals surface area contributed by atoms with Crippen molar-refractivity contribution in [3.05, 3.63) is 54.1 Å². The molecule has 0 spiro atoms. The molecule has 0 fully saturated rings. The van der Waals surface area contributed by atoms with E-state index < -0.39 is 0 Å². The zero-order valence-corrected chi connectivity index (χ0v) is 14.0. The van der Waals surface area contributed by atoms with E-state index in [1.165, 1.54) is 12.1 Å². The number of methoxy groups -OCH3 is 1. The van der Waals surface area contributed by atoms with Crippen LogP contribution >= 0.6 is 0 Å². The number of benzene rings is 2. The smallest absolute Gasteiger partial charge is 0.181 e. The summed E-state index contributed by atoms with van der Waals surface area (Å²) in [4.78, 5) is 4.39. The number of hydrogen-bond acceptors (Lipinski definition) is 5. The molecular formula is C18H18FN3O3. The van der Waals surface area contributed by atoms with Gasteiger partial charge < -0.3 is 14.2 Å². The molecule has 2 aromatic carbocycles. The van der Waals surface area contributed by atoms with Crippen LogP contribution < -0.4 is 14.2 Å². The van der Waals surface area contributed by atoms with Gasteiger partial charge in [0.05, 0.1) is 13.7 Å². The quantitative estimate of drug-likeness (QED) is 0.710. The van der Waals surface area contributed by atoms with Crippen LogP contribution in [-0.4, -0.2) is 28.9 Å². The highest BCUT2D eigenvalue weighted by Crippen LogP contribution is 2.31. The fourth-order valence-electron chi connectivity index (χ4n) is 2.28. The van der Waals surface area contributed by atoms with Crippen molar-refractivity contribution < 1.29 is 18.6 Å². The highest BCUT2D eigenvalue weighted by atomic mass is 19.1. The van der Waals surface area contributed by atoms with Crippen molar-refractivity contribution in [2.45, 2.75) is 13.5 Å². The minimum Gasteiger partial charge on any atom is -0.493 e. The van der Waals surface area contributed by atoms with Gasteiger partial charge >= 0.3 is 0 Å². The van der Waals surface area contributed by atoms with Crippen molar-refractivity contribution in [1.82, 2.24) is 15.2 Å². The Morgan fingerprint density at radius 3 is 2.72 bits per heavy atom. The van der Waals surface area contributed by atoms with Crippen LogP contribution in [0.4, 0.5) is 4.39 Å². The second-order valence-electron chi connectivity index (χ2n) is 5.15. The number of rotatable bonds is 7. The van der Waals surface area contributed by atoms with Gasteiger partial charge in [0, 0.05) is 11.6 Å². The third kappa shape index (κ3) is 4.06. The Labute approximate surface area is 144 Å². The number of aromatic nitrogens is 3. The Morgan fingerprint density at radius 2 is 1.96 bits per heavy atom. The van der Waals surface area contributed by atoms with Crippen molar-refractivity contribution in [1.29, 1.82) is 0 Å². The van der Waals surface area contributed by atoms with E-state index >= 15 is 0 Å². The van der Waals surface area contributed by atoms with Gasteiger partial charge in [0.15, 0.2) is 23.1 Å². The van der Waals surface area contributed by atoms with Crippen LogP contribution in [0.25, 0.3) is 11.4 Å². The average Bonchev–Trinajstić information content (AvgIpc) is 3.09. The maximum atomic E-state index is 13.1. The van der Waals surface area contributed by atoms with E-state index in [4.69, 9.17) is 14.2 Å². The van der Waals surface area contributed by atoms with Crippen LogP contribution in [0.1, 0.15) is 12.7 Å². The minimum atomic E-state index is -0.350. The van der Waals surface area contributed by atoms with Gasteiger partial charge in [0.1, 0.15) is 18.2 Å². The zero-order valence-electron chi connectivity index (χ0n) is 14.0. The first-order valence-corrected chi connectivity index (χ1v) is 7.80. The van der Waals surface area contributed by atoms with Gasteiger partial charge in [-0.2, -0.15) is 5.10 Å². The van der Waals surface area contributed by atoms with Crippen molar-refractivity contribution in [2.75, 3.05) is 13.7 Å². The zero-order chi connectivity index (χ0) is 17.6. The van der Waals surface area contributed by atoms with Gasteiger partial charge in [0.2, 0.25) is 0 Å². The molecule has 3 rings (SSSR count). The minimum absolute atomic E-state index is 0.158. The van der Waals surface area contributed by atoms with E-state index in [2.05, 4.69) is 15.2 Å². The van der Waals surface area contributed by atoms with Gasteiger partial charge in [-0.25, -0.2) is 9.37 Å². The molecule has 0 unspecified atom stereocenters. The van der Waals surface area contributed by atoms with E-state index in [1.54, 1.807) is 25.3 Å². The Kier molecular flexibility index (Phi) is 5.13. The van der Waals surface area contributed by atoms with Gasteiger partial charge in [-0.3, -0.25) is 5.10 Å². The molecule has 0 aliphatic rings. The molecule has 0 atom stereocenters. The Balaban J connectivity index is 1.73. The molecular weight excluding hydrogens is 325 g/mol. The fraction of sp³-hybridized carbons (Fsp3) is 0.222. The number of nitrogens with one attached hydrogen (secondary N) is 1. The summed E-state index contributed by atoms with van der Waals surface area (Å²) in [5.74, 6) is 2.41. The molecule has 0 aliphatic heterocycles. The maximum Gasteiger partial charge on any atom is 0.181 e. The summed E-state index contributed by atoms with van der Waals surface area (Å²) in [6.07, 6.45) is 0. The number of ether oxygens (including phenoxy) is 3. The SMILES string of the molecule is CCOc1cc(-c2n[nH]c(COc3cccc(F)c3)n2)ccc1OC. The largest absolute Gasteiger partial charge is 0.493 e. The molecule has 1 N–H and O–H groups in total. The van der Waals surface area contributed by atoms with Crippen molar-refractivity contribution in [2.24, 2.45) is 0 Å². The lowest BCUT2D eigenvalue weighted by Gasteiger charge is -2.09. The normalized spacial score (nSPS) is 10.5. The molecule has 0 amide bonds. The predicted molar refractivity (Wildman–Crippen MR) is 90.3 cm³/mol. The fourth-order valence-corrected chi connectivity index (χ4v) is 2.28. The summed E-state index contributed by atoms with van der Waals surface area (Å²) in [6, 6.07) is 11.4. The monoisotopic (exact) mass is 343 g/mol. The third-order valence-corrected chi connectivity index (χ3v) is 3.43. The van der Waals surface area contributed by atoms with Gasteiger partial charge in [0.25, 0.3) is 0 Å². The molecule has 1 heterocycles. The maximum absolute atomic E-state index is 13.1. The molecule has 0 bridgehead atoms. The molecule has 25 heavy (non-hydrogen) atoms. The summed E-state index contributed by atoms with van der Waals surface area (Å²) < 4.78 is 29.5. The summed E-state index contributed by atoms with van der Waals surface area (Å²) >= 11 is 0. The summed E-state index contributed by atoms with van der Waals surface area (Å²) in [7, 11) is 1.59. The highest BCUT2D eigenvalue weighted by molar-refractivity contribution is 5.60. The number of H-pyrrole nitrogens is 1. The predicted octanol–water partition coefficient (Wildman–Crippen LogP) is 3.60. The summed E-state index contributed by atoms with van der Waals surface area (Å²) in [6.45, 7) is 2.59. The summed E-state index contributed by atoms with van der Waals surface area (Å²) in [5.41, 5.74) is 0.789. The van der Waals surface area contributed by atoms with Crippen molar-refractivity contribution in [3.63, 3.8) is 0 Å². The van der Waals surface area contributed by atoms with E-state index in [0.29, 0.717) is 35.5 Å². The van der Waals surface area contributed by atoms with E-state index in [1.807, 2.05) is 19.1 Å². The standard InChI is InChI=1S/C18H18FN3O3/c1-3-24-16-9-12(7-8-15(16)23-2)18-20-17(21-22-18)11-25-14-6-4-5-13(19)10-14/h4-10H,3,11H2,1-2H3,(H,20,21,22). The number of hydrogen-bond donors (Lipinski definition) is 1. The van der Waals surface area contributed by atoms with Crippen LogP contribution in [0.3, 0.4) is 0 Å². The summed E-state index contributed by atoms with van der Waals surface area (Å²) in [5, 5.41) is 7.00. The van der Waals surface area contributed by atoms with Crippen LogP contribution in [-0.2, 0) is 6.61 Å². The molecule has 0 saturated carbocycles. The van der Waals surface area contributed by atoms with Gasteiger partial charge in [-0.15, -0.1) is 0 Å². The lowest BCUT2D eigenvalue weighted by atomic mass is 10.2. The highest BCUT2D eigenvalue weighted by Gasteiger charge is 2.11. The number of nitrogens with zero attached hydrogens (tertiary/aromatic N) is 2. The Bertz CT molecular complexity index is 851. The average molecular weight is 343 g/mol. The Hall–Kier alpha value is -3.09. The molecule has 0 aliphatic carbocycles. The molecule has 0 radical (unpaired) electrons. The lowest BCUT2D eigenvalue weighted by molar-refractivity contribution is 0.295. The van der Waals surface area contributed by atoms with Crippen LogP contribution in [0.5, 0.6) is 17.2 Å².